The van der Waals surface area contributed by atoms with E-state index in [4.69, 9.17) is 5.26 Å². The van der Waals surface area contributed by atoms with Gasteiger partial charge >= 0.3 is 0 Å². The molecule has 1 aromatic heterocycles. The molecule has 0 aliphatic carbocycles. The molecule has 0 saturated carbocycles. The van der Waals surface area contributed by atoms with Crippen molar-refractivity contribution >= 4 is 23.0 Å². The lowest BCUT2D eigenvalue weighted by Crippen LogP contribution is -2.34. The van der Waals surface area contributed by atoms with E-state index in [9.17, 15) is 9.59 Å². The number of thiophene rings is 1. The topological polar surface area (TPSA) is 70.0 Å². The van der Waals surface area contributed by atoms with Crippen LogP contribution in [0.2, 0.25) is 0 Å². The molecular formula is C18H18N2O2S. The number of hydrogen-bond donors (Lipinski definition) is 1. The van der Waals surface area contributed by atoms with Gasteiger partial charge in [0.25, 0.3) is 0 Å². The largest absolute Gasteiger partial charge is 0.350 e. The number of ketones is 1. The Balaban J connectivity index is 1.86. The molecule has 1 heterocycles. The number of benzene rings is 1. The van der Waals surface area contributed by atoms with Crippen LogP contribution in [0.5, 0.6) is 0 Å². The molecule has 1 atom stereocenters. The molecule has 0 aliphatic heterocycles. The molecule has 0 bridgehead atoms. The predicted octanol–water partition coefficient (Wildman–Crippen LogP) is 3.01. The van der Waals surface area contributed by atoms with E-state index in [1.54, 1.807) is 11.3 Å². The Morgan fingerprint density at radius 1 is 1.22 bits per heavy atom. The zero-order valence-corrected chi connectivity index (χ0v) is 13.7. The Hall–Kier alpha value is -2.45. The van der Waals surface area contributed by atoms with Crippen molar-refractivity contribution in [3.05, 3.63) is 57.8 Å². The first-order chi connectivity index (χ1) is 11.1. The third-order valence-electron chi connectivity index (χ3n) is 3.54. The van der Waals surface area contributed by atoms with Gasteiger partial charge in [-0.05, 0) is 41.3 Å². The highest BCUT2D eigenvalue weighted by atomic mass is 32.1. The summed E-state index contributed by atoms with van der Waals surface area (Å²) in [6.07, 6.45) is 0.763. The molecule has 0 fully saturated rings. The Kier molecular flexibility index (Phi) is 6.07. The molecular weight excluding hydrogens is 308 g/mol. The second-order valence-corrected chi connectivity index (χ2v) is 6.14. The Morgan fingerprint density at radius 2 is 1.96 bits per heavy atom. The second kappa shape index (κ2) is 8.25. The Labute approximate surface area is 139 Å². The molecule has 4 nitrogen and oxygen atoms in total. The number of aryl methyl sites for hydroxylation is 2. The van der Waals surface area contributed by atoms with Crippen LogP contribution in [0.1, 0.15) is 23.1 Å². The molecule has 0 unspecified atom stereocenters. The average Bonchev–Trinajstić information content (AvgIpc) is 3.06. The van der Waals surface area contributed by atoms with Crippen molar-refractivity contribution in [2.24, 2.45) is 5.92 Å². The summed E-state index contributed by atoms with van der Waals surface area (Å²) in [6, 6.07) is 11.5. The summed E-state index contributed by atoms with van der Waals surface area (Å²) in [5, 5.41) is 15.7. The summed E-state index contributed by atoms with van der Waals surface area (Å²) < 4.78 is 0. The fraction of sp³-hybridized carbons (Fsp3) is 0.278. The number of rotatable bonds is 7. The molecule has 2 rings (SSSR count). The summed E-state index contributed by atoms with van der Waals surface area (Å²) in [4.78, 5) is 24.2. The van der Waals surface area contributed by atoms with Crippen molar-refractivity contribution in [2.75, 3.05) is 0 Å². The van der Waals surface area contributed by atoms with Crippen LogP contribution < -0.4 is 5.32 Å². The summed E-state index contributed by atoms with van der Waals surface area (Å²) in [7, 11) is 0. The number of carbonyl (C=O) groups excluding carboxylic acids is 2. The van der Waals surface area contributed by atoms with E-state index in [1.807, 2.05) is 54.1 Å². The van der Waals surface area contributed by atoms with Crippen molar-refractivity contribution in [3.63, 3.8) is 0 Å². The summed E-state index contributed by atoms with van der Waals surface area (Å²) >= 11 is 1.56. The SMILES string of the molecule is Cc1ccc(CNC(=O)[C@H](C#N)C(=O)CCc2ccsc2)cc1. The van der Waals surface area contributed by atoms with Gasteiger partial charge in [0, 0.05) is 13.0 Å². The van der Waals surface area contributed by atoms with Crippen LogP contribution in [-0.2, 0) is 22.6 Å². The van der Waals surface area contributed by atoms with E-state index in [2.05, 4.69) is 5.32 Å². The lowest BCUT2D eigenvalue weighted by atomic mass is 9.99. The van der Waals surface area contributed by atoms with Crippen molar-refractivity contribution in [1.82, 2.24) is 5.32 Å². The molecule has 0 saturated heterocycles. The third kappa shape index (κ3) is 5.04. The lowest BCUT2D eigenvalue weighted by Gasteiger charge is -2.09. The van der Waals surface area contributed by atoms with Crippen LogP contribution in [0.4, 0.5) is 0 Å². The van der Waals surface area contributed by atoms with Gasteiger partial charge in [-0.15, -0.1) is 0 Å². The molecule has 1 N–H and O–H groups in total. The highest BCUT2D eigenvalue weighted by Crippen LogP contribution is 2.11. The number of carbonyl (C=O) groups is 2. The van der Waals surface area contributed by atoms with E-state index < -0.39 is 11.8 Å². The molecule has 118 valence electrons. The predicted molar refractivity (Wildman–Crippen MR) is 89.8 cm³/mol. The first kappa shape index (κ1) is 16.9. The number of nitrogens with zero attached hydrogens (tertiary/aromatic N) is 1. The lowest BCUT2D eigenvalue weighted by molar-refractivity contribution is -0.131. The van der Waals surface area contributed by atoms with Gasteiger partial charge in [-0.2, -0.15) is 16.6 Å². The molecule has 0 spiro atoms. The van der Waals surface area contributed by atoms with Gasteiger partial charge in [0.05, 0.1) is 6.07 Å². The molecule has 1 amide bonds. The minimum Gasteiger partial charge on any atom is -0.350 e. The van der Waals surface area contributed by atoms with Crippen LogP contribution in [-0.4, -0.2) is 11.7 Å². The van der Waals surface area contributed by atoms with Crippen molar-refractivity contribution < 1.29 is 9.59 Å². The fourth-order valence-electron chi connectivity index (χ4n) is 2.12. The zero-order valence-electron chi connectivity index (χ0n) is 12.9. The number of nitrogens with one attached hydrogen (secondary N) is 1. The highest BCUT2D eigenvalue weighted by Gasteiger charge is 2.25. The molecule has 0 aliphatic rings. The smallest absolute Gasteiger partial charge is 0.245 e. The van der Waals surface area contributed by atoms with E-state index in [0.29, 0.717) is 13.0 Å². The van der Waals surface area contributed by atoms with Gasteiger partial charge in [-0.25, -0.2) is 0 Å². The maximum atomic E-state index is 12.1. The molecule has 2 aromatic rings. The minimum absolute atomic E-state index is 0.201. The van der Waals surface area contributed by atoms with Gasteiger partial charge in [0.1, 0.15) is 0 Å². The quantitative estimate of drug-likeness (QED) is 0.795. The summed E-state index contributed by atoms with van der Waals surface area (Å²) in [5.74, 6) is -2.09. The maximum Gasteiger partial charge on any atom is 0.245 e. The Bertz CT molecular complexity index is 700. The standard InChI is InChI=1S/C18H18N2O2S/c1-13-2-4-14(5-3-13)11-20-18(22)16(10-19)17(21)7-6-15-8-9-23-12-15/h2-5,8-9,12,16H,6-7,11H2,1H3,(H,20,22)/t16-/m1/s1. The van der Waals surface area contributed by atoms with Crippen molar-refractivity contribution in [3.8, 4) is 6.07 Å². The van der Waals surface area contributed by atoms with Crippen LogP contribution in [0.3, 0.4) is 0 Å². The van der Waals surface area contributed by atoms with Gasteiger partial charge in [-0.1, -0.05) is 29.8 Å². The third-order valence-corrected chi connectivity index (χ3v) is 4.27. The average molecular weight is 326 g/mol. The van der Waals surface area contributed by atoms with E-state index >= 15 is 0 Å². The minimum atomic E-state index is -1.24. The maximum absolute atomic E-state index is 12.1. The molecule has 23 heavy (non-hydrogen) atoms. The number of Topliss-reactive ketones (excluding diaryl/α,β-unsaturated/α-hetero) is 1. The molecule has 1 aromatic carbocycles. The highest BCUT2D eigenvalue weighted by molar-refractivity contribution is 7.07. The number of amides is 1. The van der Waals surface area contributed by atoms with Crippen LogP contribution in [0, 0.1) is 24.2 Å². The summed E-state index contributed by atoms with van der Waals surface area (Å²) in [5.41, 5.74) is 3.13. The van der Waals surface area contributed by atoms with Gasteiger partial charge in [-0.3, -0.25) is 9.59 Å². The fourth-order valence-corrected chi connectivity index (χ4v) is 2.82. The van der Waals surface area contributed by atoms with Crippen molar-refractivity contribution in [1.29, 1.82) is 5.26 Å². The second-order valence-electron chi connectivity index (χ2n) is 5.36. The van der Waals surface area contributed by atoms with E-state index in [0.717, 1.165) is 16.7 Å². The van der Waals surface area contributed by atoms with Crippen LogP contribution in [0.25, 0.3) is 0 Å². The van der Waals surface area contributed by atoms with Gasteiger partial charge in [0.15, 0.2) is 11.7 Å². The Morgan fingerprint density at radius 3 is 2.57 bits per heavy atom. The monoisotopic (exact) mass is 326 g/mol. The number of nitriles is 1. The zero-order chi connectivity index (χ0) is 16.7. The molecule has 5 heteroatoms. The van der Waals surface area contributed by atoms with Crippen molar-refractivity contribution in [2.45, 2.75) is 26.3 Å². The first-order valence-corrected chi connectivity index (χ1v) is 8.31. The van der Waals surface area contributed by atoms with Crippen LogP contribution in [0.15, 0.2) is 41.1 Å². The normalized spacial score (nSPS) is 11.5. The summed E-state index contributed by atoms with van der Waals surface area (Å²) in [6.45, 7) is 2.30. The molecule has 0 radical (unpaired) electrons. The van der Waals surface area contributed by atoms with E-state index in [-0.39, 0.29) is 12.2 Å². The van der Waals surface area contributed by atoms with Gasteiger partial charge < -0.3 is 5.32 Å². The van der Waals surface area contributed by atoms with Crippen LogP contribution >= 0.6 is 11.3 Å². The van der Waals surface area contributed by atoms with E-state index in [1.165, 1.54) is 0 Å². The number of hydrogen-bond acceptors (Lipinski definition) is 4. The van der Waals surface area contributed by atoms with Gasteiger partial charge in [0.2, 0.25) is 5.91 Å². The first-order valence-electron chi connectivity index (χ1n) is 7.37.